The van der Waals surface area contributed by atoms with Gasteiger partial charge >= 0.3 is 12.0 Å². The number of fused-ring (bicyclic) bond motifs is 1. The minimum Gasteiger partial charge on any atom is -0.465 e. The maximum atomic E-state index is 15.5. The quantitative estimate of drug-likeness (QED) is 0.131. The van der Waals surface area contributed by atoms with Crippen LogP contribution in [0.1, 0.15) is 45.7 Å². The van der Waals surface area contributed by atoms with Crippen LogP contribution in [-0.4, -0.2) is 39.3 Å². The molecule has 8 nitrogen and oxygen atoms in total. The smallest absolute Gasteiger partial charge is 0.337 e. The van der Waals surface area contributed by atoms with E-state index in [4.69, 9.17) is 14.7 Å². The van der Waals surface area contributed by atoms with Crippen LogP contribution in [0.4, 0.5) is 17.6 Å². The van der Waals surface area contributed by atoms with E-state index in [1.165, 1.54) is 31.5 Å². The van der Waals surface area contributed by atoms with Gasteiger partial charge in [-0.25, -0.2) is 27.9 Å². The number of ether oxygens (including phenoxy) is 2. The highest BCUT2D eigenvalue weighted by molar-refractivity contribution is 5.93. The lowest BCUT2D eigenvalue weighted by atomic mass is 10.0. The molecule has 5 aromatic rings. The second-order valence-corrected chi connectivity index (χ2v) is 11.0. The van der Waals surface area contributed by atoms with Gasteiger partial charge in [0.25, 0.3) is 0 Å². The molecular weight excluding hydrogens is 590 g/mol. The Labute approximate surface area is 254 Å². The van der Waals surface area contributed by atoms with Crippen molar-refractivity contribution in [3.63, 3.8) is 0 Å². The van der Waals surface area contributed by atoms with Crippen molar-refractivity contribution >= 4 is 17.0 Å². The van der Waals surface area contributed by atoms with Crippen molar-refractivity contribution in [2.75, 3.05) is 13.8 Å². The van der Waals surface area contributed by atoms with Gasteiger partial charge in [-0.3, -0.25) is 4.39 Å². The average Bonchev–Trinajstić information content (AvgIpc) is 3.76. The number of methoxy groups -OCH3 is 1. The molecular formula is C33H25F4N5O3. The first-order chi connectivity index (χ1) is 21.7. The normalized spacial score (nSPS) is 13.4. The maximum absolute atomic E-state index is 15.5. The lowest BCUT2D eigenvalue weighted by Gasteiger charge is -2.16. The number of nitriles is 1. The predicted octanol–water partition coefficient (Wildman–Crippen LogP) is 6.49. The van der Waals surface area contributed by atoms with Crippen LogP contribution in [0.5, 0.6) is 6.01 Å². The minimum atomic E-state index is -0.757. The lowest BCUT2D eigenvalue weighted by Crippen LogP contribution is -2.16. The molecule has 0 radical (unpaired) electrons. The van der Waals surface area contributed by atoms with Crippen LogP contribution >= 0.6 is 0 Å². The first-order valence-corrected chi connectivity index (χ1v) is 14.0. The number of esters is 1. The molecule has 0 amide bonds. The highest BCUT2D eigenvalue weighted by Crippen LogP contribution is 2.48. The van der Waals surface area contributed by atoms with E-state index < -0.39 is 35.5 Å². The number of carbonyl (C=O) groups excluding carboxylic acids is 1. The minimum absolute atomic E-state index is 0.0212. The van der Waals surface area contributed by atoms with Gasteiger partial charge in [-0.2, -0.15) is 10.2 Å². The molecule has 1 aliphatic carbocycles. The zero-order valence-electron chi connectivity index (χ0n) is 24.0. The molecule has 0 aliphatic heterocycles. The van der Waals surface area contributed by atoms with E-state index in [1.807, 2.05) is 6.07 Å². The molecule has 0 spiro atoms. The number of hydrogen-bond acceptors (Lipinski definition) is 7. The molecule has 0 N–H and O–H groups in total. The number of rotatable bonds is 10. The van der Waals surface area contributed by atoms with Crippen LogP contribution in [0.15, 0.2) is 60.8 Å². The third-order valence-corrected chi connectivity index (χ3v) is 7.92. The van der Waals surface area contributed by atoms with Gasteiger partial charge in [0.1, 0.15) is 29.9 Å². The van der Waals surface area contributed by atoms with Crippen molar-refractivity contribution < 1.29 is 31.8 Å². The van der Waals surface area contributed by atoms with Crippen LogP contribution in [0, 0.1) is 34.2 Å². The third-order valence-electron chi connectivity index (χ3n) is 7.92. The van der Waals surface area contributed by atoms with E-state index >= 15 is 8.78 Å². The summed E-state index contributed by atoms with van der Waals surface area (Å²) >= 11 is 0. The number of halogens is 4. The van der Waals surface area contributed by atoms with Crippen molar-refractivity contribution in [3.05, 3.63) is 106 Å². The fourth-order valence-electron chi connectivity index (χ4n) is 5.10. The number of imidazole rings is 1. The molecule has 6 rings (SSSR count). The SMILES string of the molecule is COC(=O)c1ccc2nc(Cc3cc(F)c(-c4ccnc(OCc5ccc(C#N)cc5F)n4)cc3F)n(CC3(CF)CC3)c2c1. The van der Waals surface area contributed by atoms with E-state index in [0.29, 0.717) is 35.3 Å². The van der Waals surface area contributed by atoms with Crippen molar-refractivity contribution in [1.29, 1.82) is 5.26 Å². The average molecular weight is 616 g/mol. The number of nitrogens with zero attached hydrogens (tertiary/aromatic N) is 5. The van der Waals surface area contributed by atoms with Gasteiger partial charge in [-0.05, 0) is 66.9 Å². The second-order valence-electron chi connectivity index (χ2n) is 11.0. The number of carbonyl (C=O) groups is 1. The summed E-state index contributed by atoms with van der Waals surface area (Å²) in [6.45, 7) is -0.506. The van der Waals surface area contributed by atoms with E-state index in [2.05, 4.69) is 15.0 Å². The van der Waals surface area contributed by atoms with Crippen LogP contribution in [0.2, 0.25) is 0 Å². The van der Waals surface area contributed by atoms with E-state index in [-0.39, 0.29) is 53.5 Å². The largest absolute Gasteiger partial charge is 0.465 e. The molecule has 2 heterocycles. The van der Waals surface area contributed by atoms with E-state index in [1.54, 1.807) is 22.8 Å². The maximum Gasteiger partial charge on any atom is 0.337 e. The van der Waals surface area contributed by atoms with Gasteiger partial charge in [0.2, 0.25) is 0 Å². The summed E-state index contributed by atoms with van der Waals surface area (Å²) in [4.78, 5) is 24.9. The molecule has 12 heteroatoms. The fourth-order valence-corrected chi connectivity index (χ4v) is 5.10. The zero-order chi connectivity index (χ0) is 31.7. The summed E-state index contributed by atoms with van der Waals surface area (Å²) in [7, 11) is 1.27. The topological polar surface area (TPSA) is 103 Å². The predicted molar refractivity (Wildman–Crippen MR) is 154 cm³/mol. The van der Waals surface area contributed by atoms with Crippen molar-refractivity contribution in [2.24, 2.45) is 5.41 Å². The second kappa shape index (κ2) is 12.0. The van der Waals surface area contributed by atoms with Crippen LogP contribution in [-0.2, 0) is 24.3 Å². The highest BCUT2D eigenvalue weighted by Gasteiger charge is 2.44. The molecule has 1 saturated carbocycles. The standard InChI is InChI=1S/C33H25F4N5O3/c1-44-31(43)20-4-5-28-29(12-20)42(18-33(17-34)7-8-33)30(40-28)13-22-11-26(37)23(14-25(22)36)27-6-9-39-32(41-27)45-16-21-3-2-19(15-38)10-24(21)35/h2-6,9-12,14H,7-8,13,16-18H2,1H3. The molecule has 0 saturated heterocycles. The molecule has 228 valence electrons. The molecule has 1 aliphatic rings. The Morgan fingerprint density at radius 3 is 2.51 bits per heavy atom. The number of aromatic nitrogens is 4. The Bertz CT molecular complexity index is 1980. The summed E-state index contributed by atoms with van der Waals surface area (Å²) in [6, 6.07) is 13.9. The monoisotopic (exact) mass is 615 g/mol. The molecule has 3 aromatic carbocycles. The van der Waals surface area contributed by atoms with Gasteiger partial charge in [-0.1, -0.05) is 6.07 Å². The lowest BCUT2D eigenvalue weighted by molar-refractivity contribution is 0.0601. The Morgan fingerprint density at radius 1 is 1.00 bits per heavy atom. The molecule has 2 aromatic heterocycles. The van der Waals surface area contributed by atoms with Gasteiger partial charge in [0, 0.05) is 35.7 Å². The van der Waals surface area contributed by atoms with Crippen molar-refractivity contribution in [2.45, 2.75) is 32.4 Å². The number of hydrogen-bond donors (Lipinski definition) is 0. The third kappa shape index (κ3) is 6.06. The Hall–Kier alpha value is -5.31. The van der Waals surface area contributed by atoms with Gasteiger partial charge < -0.3 is 14.0 Å². The summed E-state index contributed by atoms with van der Waals surface area (Å²) in [5.41, 5.74) is 1.08. The van der Waals surface area contributed by atoms with Crippen molar-refractivity contribution in [1.82, 2.24) is 19.5 Å². The summed E-state index contributed by atoms with van der Waals surface area (Å²) in [5, 5.41) is 8.90. The Balaban J connectivity index is 1.28. The Kier molecular flexibility index (Phi) is 7.93. The van der Waals surface area contributed by atoms with E-state index in [0.717, 1.165) is 18.2 Å². The van der Waals surface area contributed by atoms with Crippen LogP contribution in [0.25, 0.3) is 22.3 Å². The molecule has 0 bridgehead atoms. The molecule has 0 atom stereocenters. The van der Waals surface area contributed by atoms with Crippen molar-refractivity contribution in [3.8, 4) is 23.3 Å². The first kappa shape index (κ1) is 29.7. The molecule has 45 heavy (non-hydrogen) atoms. The first-order valence-electron chi connectivity index (χ1n) is 14.0. The van der Waals surface area contributed by atoms with Gasteiger partial charge in [0.05, 0.1) is 47.7 Å². The summed E-state index contributed by atoms with van der Waals surface area (Å²) in [5.74, 6) is -2.25. The van der Waals surface area contributed by atoms with Gasteiger partial charge in [0.15, 0.2) is 0 Å². The number of alkyl halides is 1. The number of benzene rings is 3. The summed E-state index contributed by atoms with van der Waals surface area (Å²) in [6.07, 6.45) is 2.58. The van der Waals surface area contributed by atoms with Crippen LogP contribution < -0.4 is 4.74 Å². The van der Waals surface area contributed by atoms with Gasteiger partial charge in [-0.15, -0.1) is 0 Å². The highest BCUT2D eigenvalue weighted by atomic mass is 19.1. The molecule has 0 unspecified atom stereocenters. The molecule has 1 fully saturated rings. The summed E-state index contributed by atoms with van der Waals surface area (Å²) < 4.78 is 71.2. The Morgan fingerprint density at radius 2 is 1.80 bits per heavy atom. The van der Waals surface area contributed by atoms with E-state index in [9.17, 15) is 13.6 Å². The van der Waals surface area contributed by atoms with Crippen LogP contribution in [0.3, 0.4) is 0 Å². The zero-order valence-corrected chi connectivity index (χ0v) is 24.0. The fraction of sp³-hybridized carbons (Fsp3) is 0.242.